The fourth-order valence-corrected chi connectivity index (χ4v) is 3.57. The molecule has 0 aliphatic rings. The Labute approximate surface area is 195 Å². The van der Waals surface area contributed by atoms with Crippen molar-refractivity contribution in [1.29, 1.82) is 0 Å². The molecule has 2 N–H and O–H groups in total. The highest BCUT2D eigenvalue weighted by Crippen LogP contribution is 2.18. The molecule has 0 bridgehead atoms. The van der Waals surface area contributed by atoms with Crippen molar-refractivity contribution in [3.8, 4) is 5.75 Å². The number of hydrogen-bond donors (Lipinski definition) is 2. The summed E-state index contributed by atoms with van der Waals surface area (Å²) in [6.07, 6.45) is 0.998. The zero-order valence-corrected chi connectivity index (χ0v) is 19.1. The number of ether oxygens (including phenoxy) is 1. The van der Waals surface area contributed by atoms with Gasteiger partial charge in [0.05, 0.1) is 0 Å². The van der Waals surface area contributed by atoms with Gasteiger partial charge in [0.2, 0.25) is 5.91 Å². The number of esters is 1. The molecule has 0 unspecified atom stereocenters. The van der Waals surface area contributed by atoms with Gasteiger partial charge in [0.15, 0.2) is 0 Å². The molecule has 0 aromatic heterocycles. The summed E-state index contributed by atoms with van der Waals surface area (Å²) in [4.78, 5) is 35.9. The Morgan fingerprint density at radius 3 is 2.50 bits per heavy atom. The van der Waals surface area contributed by atoms with Crippen LogP contribution in [0.2, 0.25) is 0 Å². The topological polar surface area (TPSA) is 84.5 Å². The lowest BCUT2D eigenvalue weighted by Gasteiger charge is -2.10. The molecule has 3 aromatic carbocycles. The number of halogens is 1. The third kappa shape index (κ3) is 7.06. The normalized spacial score (nSPS) is 10.3. The van der Waals surface area contributed by atoms with Crippen molar-refractivity contribution in [2.45, 2.75) is 26.3 Å². The van der Waals surface area contributed by atoms with E-state index in [1.165, 1.54) is 13.0 Å². The van der Waals surface area contributed by atoms with E-state index in [1.807, 2.05) is 48.5 Å². The molecule has 0 radical (unpaired) electrons. The Bertz CT molecular complexity index is 1130. The molecule has 3 aromatic rings. The minimum absolute atomic E-state index is 0.0794. The first-order chi connectivity index (χ1) is 15.4. The van der Waals surface area contributed by atoms with Gasteiger partial charge in [-0.25, -0.2) is 0 Å². The van der Waals surface area contributed by atoms with Crippen LogP contribution in [0.15, 0.2) is 77.3 Å². The van der Waals surface area contributed by atoms with Gasteiger partial charge in [-0.1, -0.05) is 52.3 Å². The SMILES string of the molecule is CC(=O)Oc1cccc(C(=O)NCc2cccc(NC(=O)CCc3ccccc3Br)c2)c1. The van der Waals surface area contributed by atoms with Crippen LogP contribution in [0.3, 0.4) is 0 Å². The Balaban J connectivity index is 1.53. The molecule has 6 nitrogen and oxygen atoms in total. The maximum absolute atomic E-state index is 12.4. The van der Waals surface area contributed by atoms with Gasteiger partial charge in [0.1, 0.15) is 5.75 Å². The van der Waals surface area contributed by atoms with Crippen molar-refractivity contribution in [1.82, 2.24) is 5.32 Å². The van der Waals surface area contributed by atoms with Crippen molar-refractivity contribution in [3.63, 3.8) is 0 Å². The van der Waals surface area contributed by atoms with Crippen LogP contribution in [0.25, 0.3) is 0 Å². The molecule has 0 saturated heterocycles. The average molecular weight is 495 g/mol. The molecule has 7 heteroatoms. The Hall–Kier alpha value is -3.45. The second-order valence-electron chi connectivity index (χ2n) is 7.14. The van der Waals surface area contributed by atoms with E-state index in [9.17, 15) is 14.4 Å². The third-order valence-electron chi connectivity index (χ3n) is 4.60. The van der Waals surface area contributed by atoms with Crippen molar-refractivity contribution in [3.05, 3.63) is 94.0 Å². The molecule has 32 heavy (non-hydrogen) atoms. The monoisotopic (exact) mass is 494 g/mol. The standard InChI is InChI=1S/C25H23BrN2O4/c1-17(29)32-22-10-5-8-20(15-22)25(31)27-16-18-6-4-9-21(14-18)28-24(30)13-12-19-7-2-3-11-23(19)26/h2-11,14-15H,12-13,16H2,1H3,(H,27,31)(H,28,30). The molecule has 3 rings (SSSR count). The molecule has 0 spiro atoms. The summed E-state index contributed by atoms with van der Waals surface area (Å²) in [5.74, 6) is -0.499. The van der Waals surface area contributed by atoms with Crippen molar-refractivity contribution in [2.75, 3.05) is 5.32 Å². The number of carbonyl (C=O) groups is 3. The van der Waals surface area contributed by atoms with Gasteiger partial charge in [0.25, 0.3) is 5.91 Å². The van der Waals surface area contributed by atoms with Gasteiger partial charge >= 0.3 is 5.97 Å². The maximum atomic E-state index is 12.4. The quantitative estimate of drug-likeness (QED) is 0.345. The Morgan fingerprint density at radius 2 is 1.72 bits per heavy atom. The largest absolute Gasteiger partial charge is 0.427 e. The van der Waals surface area contributed by atoms with Crippen molar-refractivity contribution < 1.29 is 19.1 Å². The lowest BCUT2D eigenvalue weighted by atomic mass is 10.1. The summed E-state index contributed by atoms with van der Waals surface area (Å²) in [6, 6.07) is 21.6. The van der Waals surface area contributed by atoms with E-state index in [-0.39, 0.29) is 18.4 Å². The molecular formula is C25H23BrN2O4. The van der Waals surface area contributed by atoms with Crippen LogP contribution in [-0.4, -0.2) is 17.8 Å². The van der Waals surface area contributed by atoms with Crippen LogP contribution >= 0.6 is 15.9 Å². The summed E-state index contributed by atoms with van der Waals surface area (Å²) in [5, 5.41) is 5.73. The zero-order chi connectivity index (χ0) is 22.9. The average Bonchev–Trinajstić information content (AvgIpc) is 2.77. The minimum atomic E-state index is -0.446. The molecule has 0 aliphatic heterocycles. The fraction of sp³-hybridized carbons (Fsp3) is 0.160. The second-order valence-corrected chi connectivity index (χ2v) is 8.00. The molecule has 2 amide bonds. The first-order valence-corrected chi connectivity index (χ1v) is 10.9. The minimum Gasteiger partial charge on any atom is -0.427 e. The van der Waals surface area contributed by atoms with Gasteiger partial charge in [-0.05, 0) is 53.9 Å². The lowest BCUT2D eigenvalue weighted by molar-refractivity contribution is -0.131. The van der Waals surface area contributed by atoms with Crippen LogP contribution in [-0.2, 0) is 22.6 Å². The Kier molecular flexibility index (Phi) is 8.16. The fourth-order valence-electron chi connectivity index (χ4n) is 3.08. The first-order valence-electron chi connectivity index (χ1n) is 10.1. The summed E-state index contributed by atoms with van der Waals surface area (Å²) in [7, 11) is 0. The molecule has 0 fully saturated rings. The van der Waals surface area contributed by atoms with Gasteiger partial charge in [0, 0.05) is 35.6 Å². The van der Waals surface area contributed by atoms with Crippen LogP contribution in [0.5, 0.6) is 5.75 Å². The predicted molar refractivity (Wildman–Crippen MR) is 126 cm³/mol. The lowest BCUT2D eigenvalue weighted by Crippen LogP contribution is -2.23. The van der Waals surface area contributed by atoms with Crippen LogP contribution in [0.1, 0.15) is 34.8 Å². The van der Waals surface area contributed by atoms with Crippen LogP contribution in [0, 0.1) is 0 Å². The second kappa shape index (κ2) is 11.2. The van der Waals surface area contributed by atoms with Crippen LogP contribution in [0.4, 0.5) is 5.69 Å². The van der Waals surface area contributed by atoms with E-state index in [2.05, 4.69) is 26.6 Å². The van der Waals surface area contributed by atoms with E-state index in [0.717, 1.165) is 15.6 Å². The summed E-state index contributed by atoms with van der Waals surface area (Å²) in [6.45, 7) is 1.59. The van der Waals surface area contributed by atoms with Gasteiger partial charge in [-0.3, -0.25) is 14.4 Å². The van der Waals surface area contributed by atoms with E-state index in [0.29, 0.717) is 29.8 Å². The smallest absolute Gasteiger partial charge is 0.308 e. The highest BCUT2D eigenvalue weighted by molar-refractivity contribution is 9.10. The predicted octanol–water partition coefficient (Wildman–Crippen LogP) is 4.88. The molecule has 0 saturated carbocycles. The number of amides is 2. The van der Waals surface area contributed by atoms with E-state index in [4.69, 9.17) is 4.74 Å². The van der Waals surface area contributed by atoms with E-state index >= 15 is 0 Å². The van der Waals surface area contributed by atoms with Gasteiger partial charge in [-0.2, -0.15) is 0 Å². The van der Waals surface area contributed by atoms with Crippen molar-refractivity contribution >= 4 is 39.4 Å². The highest BCUT2D eigenvalue weighted by atomic mass is 79.9. The zero-order valence-electron chi connectivity index (χ0n) is 17.6. The summed E-state index contributed by atoms with van der Waals surface area (Å²) < 4.78 is 6.00. The number of anilines is 1. The van der Waals surface area contributed by atoms with E-state index < -0.39 is 5.97 Å². The number of rotatable bonds is 8. The van der Waals surface area contributed by atoms with Crippen molar-refractivity contribution in [2.24, 2.45) is 0 Å². The van der Waals surface area contributed by atoms with Crippen LogP contribution < -0.4 is 15.4 Å². The summed E-state index contributed by atoms with van der Waals surface area (Å²) >= 11 is 3.49. The molecule has 164 valence electrons. The van der Waals surface area contributed by atoms with Gasteiger partial charge < -0.3 is 15.4 Å². The maximum Gasteiger partial charge on any atom is 0.308 e. The third-order valence-corrected chi connectivity index (χ3v) is 5.37. The number of hydrogen-bond acceptors (Lipinski definition) is 4. The Morgan fingerprint density at radius 1 is 0.938 bits per heavy atom. The van der Waals surface area contributed by atoms with E-state index in [1.54, 1.807) is 18.2 Å². The number of aryl methyl sites for hydroxylation is 1. The number of nitrogens with one attached hydrogen (secondary N) is 2. The molecular weight excluding hydrogens is 472 g/mol. The number of carbonyl (C=O) groups excluding carboxylic acids is 3. The highest BCUT2D eigenvalue weighted by Gasteiger charge is 2.09. The molecule has 0 aliphatic carbocycles. The summed E-state index contributed by atoms with van der Waals surface area (Å²) in [5.41, 5.74) is 2.99. The number of benzene rings is 3. The van der Waals surface area contributed by atoms with Gasteiger partial charge in [-0.15, -0.1) is 0 Å². The first kappa shape index (κ1) is 23.2. The molecule has 0 heterocycles. The molecule has 0 atom stereocenters.